The number of hydrogen-bond acceptors (Lipinski definition) is 4. The Hall–Kier alpha value is -1.22. The molecule has 1 heterocycles. The van der Waals surface area contributed by atoms with Crippen LogP contribution in [-0.4, -0.2) is 46.5 Å². The van der Waals surface area contributed by atoms with Crippen LogP contribution in [0.25, 0.3) is 0 Å². The Labute approximate surface area is 105 Å². The molecule has 0 spiro atoms. The zero-order valence-electron chi connectivity index (χ0n) is 9.81. The van der Waals surface area contributed by atoms with E-state index >= 15 is 0 Å². The highest BCUT2D eigenvalue weighted by Gasteiger charge is 2.44. The van der Waals surface area contributed by atoms with Crippen LogP contribution in [0.2, 0.25) is 0 Å². The van der Waals surface area contributed by atoms with Gasteiger partial charge >= 0.3 is 5.97 Å². The Kier molecular flexibility index (Phi) is 4.82. The van der Waals surface area contributed by atoms with E-state index in [0.717, 1.165) is 0 Å². The molecule has 0 aromatic rings. The molecule has 1 unspecified atom stereocenters. The molecule has 0 saturated carbocycles. The molecule has 17 heavy (non-hydrogen) atoms. The third-order valence-corrected chi connectivity index (χ3v) is 4.01. The molecule has 1 N–H and O–H groups in total. The normalized spacial score (nSPS) is 23.4. The van der Waals surface area contributed by atoms with E-state index in [2.05, 4.69) is 0 Å². The van der Waals surface area contributed by atoms with E-state index in [9.17, 15) is 14.7 Å². The van der Waals surface area contributed by atoms with Gasteiger partial charge in [0.2, 0.25) is 5.91 Å². The highest BCUT2D eigenvalue weighted by atomic mass is 32.2. The lowest BCUT2D eigenvalue weighted by molar-refractivity contribution is -0.148. The lowest BCUT2D eigenvalue weighted by atomic mass is 9.84. The molecular weight excluding hydrogens is 240 g/mol. The van der Waals surface area contributed by atoms with Gasteiger partial charge in [0.15, 0.2) is 0 Å². The third-order valence-electron chi connectivity index (χ3n) is 3.23. The number of aliphatic carboxylic acids is 1. The topological polar surface area (TPSA) is 81.4 Å². The average molecular weight is 256 g/mol. The predicted molar refractivity (Wildman–Crippen MR) is 64.5 cm³/mol. The maximum Gasteiger partial charge on any atom is 0.311 e. The Balaban J connectivity index is 2.52. The molecule has 1 saturated heterocycles. The molecule has 94 valence electrons. The fourth-order valence-electron chi connectivity index (χ4n) is 1.97. The van der Waals surface area contributed by atoms with E-state index in [0.29, 0.717) is 25.9 Å². The first kappa shape index (κ1) is 13.8. The van der Waals surface area contributed by atoms with Crippen LogP contribution in [0.4, 0.5) is 0 Å². The Morgan fingerprint density at radius 1 is 1.59 bits per heavy atom. The molecule has 1 aliphatic rings. The SMILES string of the molecule is CCC1(C(=O)O)CCN(C(=O)CSCC#N)C1. The summed E-state index contributed by atoms with van der Waals surface area (Å²) in [6.45, 7) is 2.64. The van der Waals surface area contributed by atoms with Gasteiger partial charge in [0.05, 0.1) is 23.0 Å². The summed E-state index contributed by atoms with van der Waals surface area (Å²) >= 11 is 1.26. The number of carboxylic acids is 1. The van der Waals surface area contributed by atoms with Crippen molar-refractivity contribution in [2.75, 3.05) is 24.6 Å². The molecule has 1 aliphatic heterocycles. The Bertz CT molecular complexity index is 353. The van der Waals surface area contributed by atoms with Crippen LogP contribution < -0.4 is 0 Å². The molecule has 1 atom stereocenters. The van der Waals surface area contributed by atoms with Crippen molar-refractivity contribution in [2.45, 2.75) is 19.8 Å². The van der Waals surface area contributed by atoms with Gasteiger partial charge in [-0.2, -0.15) is 5.26 Å². The number of nitrogens with zero attached hydrogens (tertiary/aromatic N) is 2. The lowest BCUT2D eigenvalue weighted by Crippen LogP contribution is -2.37. The summed E-state index contributed by atoms with van der Waals surface area (Å²) in [6.07, 6.45) is 1.06. The van der Waals surface area contributed by atoms with E-state index < -0.39 is 11.4 Å². The fourth-order valence-corrected chi connectivity index (χ4v) is 2.53. The van der Waals surface area contributed by atoms with Gasteiger partial charge < -0.3 is 10.0 Å². The monoisotopic (exact) mass is 256 g/mol. The van der Waals surface area contributed by atoms with E-state index in [-0.39, 0.29) is 17.4 Å². The van der Waals surface area contributed by atoms with Gasteiger partial charge in [-0.1, -0.05) is 6.92 Å². The molecule has 0 aliphatic carbocycles. The molecule has 0 aromatic heterocycles. The number of rotatable bonds is 5. The maximum absolute atomic E-state index is 11.7. The number of likely N-dealkylation sites (tertiary alicyclic amines) is 1. The van der Waals surface area contributed by atoms with Crippen LogP contribution in [0.5, 0.6) is 0 Å². The quantitative estimate of drug-likeness (QED) is 0.741. The number of hydrogen-bond donors (Lipinski definition) is 1. The van der Waals surface area contributed by atoms with Gasteiger partial charge in [0.25, 0.3) is 0 Å². The zero-order chi connectivity index (χ0) is 12.9. The largest absolute Gasteiger partial charge is 0.481 e. The number of amides is 1. The molecule has 1 rings (SSSR count). The minimum atomic E-state index is -0.819. The predicted octanol–water partition coefficient (Wildman–Crippen LogP) is 0.956. The molecule has 0 aromatic carbocycles. The van der Waals surface area contributed by atoms with Crippen molar-refractivity contribution < 1.29 is 14.7 Å². The van der Waals surface area contributed by atoms with Crippen molar-refractivity contribution in [2.24, 2.45) is 5.41 Å². The molecule has 1 fully saturated rings. The van der Waals surface area contributed by atoms with Crippen molar-refractivity contribution in [1.29, 1.82) is 5.26 Å². The second kappa shape index (κ2) is 5.92. The van der Waals surface area contributed by atoms with Gasteiger partial charge in [-0.05, 0) is 12.8 Å². The van der Waals surface area contributed by atoms with E-state index in [1.165, 1.54) is 11.8 Å². The van der Waals surface area contributed by atoms with E-state index in [1.54, 1.807) is 4.90 Å². The second-order valence-corrected chi connectivity index (χ2v) is 5.14. The Morgan fingerprint density at radius 2 is 2.29 bits per heavy atom. The van der Waals surface area contributed by atoms with Crippen LogP contribution in [0.15, 0.2) is 0 Å². The first-order chi connectivity index (χ1) is 8.05. The first-order valence-corrected chi connectivity index (χ1v) is 6.67. The summed E-state index contributed by atoms with van der Waals surface area (Å²) in [7, 11) is 0. The molecule has 1 amide bonds. The lowest BCUT2D eigenvalue weighted by Gasteiger charge is -2.22. The van der Waals surface area contributed by atoms with Crippen molar-refractivity contribution in [3.63, 3.8) is 0 Å². The number of carboxylic acid groups (broad SMARTS) is 1. The summed E-state index contributed by atoms with van der Waals surface area (Å²) in [5.41, 5.74) is -0.768. The zero-order valence-corrected chi connectivity index (χ0v) is 10.6. The van der Waals surface area contributed by atoms with Gasteiger partial charge in [0, 0.05) is 13.1 Å². The molecule has 0 bridgehead atoms. The molecular formula is C11H16N2O3S. The van der Waals surface area contributed by atoms with Gasteiger partial charge in [-0.3, -0.25) is 9.59 Å². The molecule has 6 heteroatoms. The van der Waals surface area contributed by atoms with Crippen LogP contribution in [0.3, 0.4) is 0 Å². The van der Waals surface area contributed by atoms with Gasteiger partial charge in [-0.15, -0.1) is 11.8 Å². The van der Waals surface area contributed by atoms with Crippen molar-refractivity contribution in [1.82, 2.24) is 4.90 Å². The first-order valence-electron chi connectivity index (χ1n) is 5.51. The number of carbonyl (C=O) groups is 2. The summed E-state index contributed by atoms with van der Waals surface area (Å²) in [5.74, 6) is -0.341. The number of thioether (sulfide) groups is 1. The summed E-state index contributed by atoms with van der Waals surface area (Å²) < 4.78 is 0. The van der Waals surface area contributed by atoms with Crippen LogP contribution in [0, 0.1) is 16.7 Å². The smallest absolute Gasteiger partial charge is 0.311 e. The second-order valence-electron chi connectivity index (χ2n) is 4.16. The minimum Gasteiger partial charge on any atom is -0.481 e. The van der Waals surface area contributed by atoms with Crippen LogP contribution >= 0.6 is 11.8 Å². The summed E-state index contributed by atoms with van der Waals surface area (Å²) in [6, 6.07) is 1.96. The van der Waals surface area contributed by atoms with Crippen molar-refractivity contribution in [3.8, 4) is 6.07 Å². The third kappa shape index (κ3) is 3.13. The van der Waals surface area contributed by atoms with Gasteiger partial charge in [-0.25, -0.2) is 0 Å². The van der Waals surface area contributed by atoms with Gasteiger partial charge in [0.1, 0.15) is 0 Å². The Morgan fingerprint density at radius 3 is 2.76 bits per heavy atom. The highest BCUT2D eigenvalue weighted by Crippen LogP contribution is 2.34. The number of nitriles is 1. The van der Waals surface area contributed by atoms with E-state index in [4.69, 9.17) is 5.26 Å². The molecule has 0 radical (unpaired) electrons. The average Bonchev–Trinajstić information content (AvgIpc) is 2.75. The van der Waals surface area contributed by atoms with Crippen molar-refractivity contribution >= 4 is 23.6 Å². The maximum atomic E-state index is 11.7. The van der Waals surface area contributed by atoms with E-state index in [1.807, 2.05) is 13.0 Å². The highest BCUT2D eigenvalue weighted by molar-refractivity contribution is 8.00. The summed E-state index contributed by atoms with van der Waals surface area (Å²) in [5, 5.41) is 17.6. The van der Waals surface area contributed by atoms with Crippen LogP contribution in [-0.2, 0) is 9.59 Å². The molecule has 5 nitrogen and oxygen atoms in total. The van der Waals surface area contributed by atoms with Crippen LogP contribution in [0.1, 0.15) is 19.8 Å². The minimum absolute atomic E-state index is 0.0678. The fraction of sp³-hybridized carbons (Fsp3) is 0.727. The number of carbonyl (C=O) groups excluding carboxylic acids is 1. The summed E-state index contributed by atoms with van der Waals surface area (Å²) in [4.78, 5) is 24.5. The van der Waals surface area contributed by atoms with Crippen molar-refractivity contribution in [3.05, 3.63) is 0 Å². The standard InChI is InChI=1S/C11H16N2O3S/c1-2-11(10(15)16)3-5-13(8-11)9(14)7-17-6-4-12/h2-3,5-8H2,1H3,(H,15,16).